The van der Waals surface area contributed by atoms with Gasteiger partial charge in [-0.05, 0) is 63.1 Å². The van der Waals surface area contributed by atoms with E-state index in [0.717, 1.165) is 12.5 Å². The molecule has 1 aliphatic rings. The van der Waals surface area contributed by atoms with E-state index in [9.17, 15) is 22.2 Å². The fourth-order valence-electron chi connectivity index (χ4n) is 5.20. The summed E-state index contributed by atoms with van der Waals surface area (Å²) in [4.78, 5) is 22.5. The number of aromatic nitrogens is 4. The lowest BCUT2D eigenvalue weighted by Gasteiger charge is -2.21. The third-order valence-electron chi connectivity index (χ3n) is 7.19. The Morgan fingerprint density at radius 1 is 1.23 bits per heavy atom. The van der Waals surface area contributed by atoms with Gasteiger partial charge in [-0.25, -0.2) is 18.4 Å². The van der Waals surface area contributed by atoms with Crippen molar-refractivity contribution in [1.82, 2.24) is 24.3 Å². The minimum atomic E-state index is -4.65. The Morgan fingerprint density at radius 3 is 2.72 bits per heavy atom. The Hall–Kier alpha value is -4.22. The van der Waals surface area contributed by atoms with Crippen LogP contribution in [0.4, 0.5) is 18.9 Å². The number of nitriles is 1. The number of hydrogen-bond donors (Lipinski definition) is 2. The van der Waals surface area contributed by atoms with Crippen molar-refractivity contribution in [2.24, 2.45) is 0 Å². The molecule has 0 spiro atoms. The van der Waals surface area contributed by atoms with Gasteiger partial charge in [0.2, 0.25) is 0 Å². The summed E-state index contributed by atoms with van der Waals surface area (Å²) in [7, 11) is -1.69. The number of aromatic amines is 1. The highest BCUT2D eigenvalue weighted by atomic mass is 32.2. The van der Waals surface area contributed by atoms with Crippen LogP contribution in [0.2, 0.25) is 0 Å². The predicted molar refractivity (Wildman–Crippen MR) is 155 cm³/mol. The summed E-state index contributed by atoms with van der Waals surface area (Å²) >= 11 is 0. The zero-order valence-corrected chi connectivity index (χ0v) is 24.6. The normalized spacial score (nSPS) is 16.0. The van der Waals surface area contributed by atoms with Crippen molar-refractivity contribution < 1.29 is 22.1 Å². The molecule has 4 aromatic rings. The first-order chi connectivity index (χ1) is 20.5. The number of anilines is 1. The highest BCUT2D eigenvalue weighted by molar-refractivity contribution is 7.83. The SMILES string of the molecule is CCCc1nc(C)c2c(=O)[nH]c(-c3cc(S(=O)NC4CCN(c5ccc(C#N)c(C(F)(F)F)c5)C4)ccc3OCC)nn12. The molecule has 10 nitrogen and oxygen atoms in total. The first-order valence-corrected chi connectivity index (χ1v) is 15.0. The number of aryl methyl sites for hydroxylation is 2. The number of nitrogens with one attached hydrogen (secondary N) is 2. The van der Waals surface area contributed by atoms with Crippen molar-refractivity contribution in [3.8, 4) is 23.2 Å². The lowest BCUT2D eigenvalue weighted by atomic mass is 10.1. The fraction of sp³-hybridized carbons (Fsp3) is 0.379. The average Bonchev–Trinajstić information content (AvgIpc) is 3.57. The molecule has 226 valence electrons. The minimum Gasteiger partial charge on any atom is -0.493 e. The van der Waals surface area contributed by atoms with Crippen LogP contribution in [0.1, 0.15) is 49.3 Å². The fourth-order valence-corrected chi connectivity index (χ4v) is 6.25. The van der Waals surface area contributed by atoms with Crippen molar-refractivity contribution in [3.63, 3.8) is 0 Å². The Kier molecular flexibility index (Phi) is 8.57. The van der Waals surface area contributed by atoms with Crippen LogP contribution in [0, 0.1) is 18.3 Å². The van der Waals surface area contributed by atoms with Gasteiger partial charge in [0.05, 0.1) is 40.0 Å². The van der Waals surface area contributed by atoms with Gasteiger partial charge < -0.3 is 14.6 Å². The van der Waals surface area contributed by atoms with Crippen LogP contribution >= 0.6 is 0 Å². The number of fused-ring (bicyclic) bond motifs is 1. The summed E-state index contributed by atoms with van der Waals surface area (Å²) in [6.45, 7) is 6.72. The largest absolute Gasteiger partial charge is 0.493 e. The highest BCUT2D eigenvalue weighted by Crippen LogP contribution is 2.35. The Labute approximate surface area is 248 Å². The second-order valence-corrected chi connectivity index (χ2v) is 11.4. The second-order valence-electron chi connectivity index (χ2n) is 10.2. The van der Waals surface area contributed by atoms with E-state index < -0.39 is 28.3 Å². The molecular weight excluding hydrogens is 583 g/mol. The Balaban J connectivity index is 1.40. The van der Waals surface area contributed by atoms with Crippen LogP contribution < -0.4 is 19.9 Å². The van der Waals surface area contributed by atoms with Gasteiger partial charge in [0.25, 0.3) is 5.56 Å². The van der Waals surface area contributed by atoms with Gasteiger partial charge in [0.1, 0.15) is 22.6 Å². The third-order valence-corrected chi connectivity index (χ3v) is 8.42. The zero-order valence-electron chi connectivity index (χ0n) is 23.8. The summed E-state index contributed by atoms with van der Waals surface area (Å²) in [6.07, 6.45) is -2.65. The highest BCUT2D eigenvalue weighted by Gasteiger charge is 2.35. The first kappa shape index (κ1) is 30.2. The molecule has 43 heavy (non-hydrogen) atoms. The topological polar surface area (TPSA) is 128 Å². The van der Waals surface area contributed by atoms with Gasteiger partial charge in [-0.2, -0.15) is 18.4 Å². The molecular formula is C29H30F3N7O3S. The van der Waals surface area contributed by atoms with Crippen molar-refractivity contribution in [3.05, 3.63) is 69.4 Å². The number of alkyl halides is 3. The lowest BCUT2D eigenvalue weighted by molar-refractivity contribution is -0.137. The van der Waals surface area contributed by atoms with Gasteiger partial charge in [-0.3, -0.25) is 4.79 Å². The second kappa shape index (κ2) is 12.2. The van der Waals surface area contributed by atoms with Crippen LogP contribution in [0.15, 0.2) is 46.1 Å². The smallest absolute Gasteiger partial charge is 0.417 e. The van der Waals surface area contributed by atoms with E-state index in [2.05, 4.69) is 19.8 Å². The van der Waals surface area contributed by atoms with Gasteiger partial charge in [0, 0.05) is 31.2 Å². The van der Waals surface area contributed by atoms with E-state index in [4.69, 9.17) is 10.00 Å². The van der Waals surface area contributed by atoms with Crippen LogP contribution in [0.3, 0.4) is 0 Å². The first-order valence-electron chi connectivity index (χ1n) is 13.8. The van der Waals surface area contributed by atoms with Gasteiger partial charge >= 0.3 is 6.18 Å². The molecule has 1 fully saturated rings. The monoisotopic (exact) mass is 613 g/mol. The van der Waals surface area contributed by atoms with Crippen molar-refractivity contribution in [1.29, 1.82) is 5.26 Å². The van der Waals surface area contributed by atoms with E-state index in [1.165, 1.54) is 12.1 Å². The average molecular weight is 614 g/mol. The molecule has 2 N–H and O–H groups in total. The van der Waals surface area contributed by atoms with Crippen molar-refractivity contribution >= 4 is 22.2 Å². The van der Waals surface area contributed by atoms with E-state index in [1.54, 1.807) is 40.6 Å². The molecule has 0 radical (unpaired) electrons. The molecule has 0 bridgehead atoms. The Bertz CT molecular complexity index is 1800. The van der Waals surface area contributed by atoms with Gasteiger partial charge in [0.15, 0.2) is 11.3 Å². The number of nitrogens with zero attached hydrogens (tertiary/aromatic N) is 5. The third kappa shape index (κ3) is 6.14. The molecule has 1 saturated heterocycles. The Morgan fingerprint density at radius 2 is 2.02 bits per heavy atom. The number of rotatable bonds is 9. The van der Waals surface area contributed by atoms with E-state index in [-0.39, 0.29) is 17.4 Å². The molecule has 0 aliphatic carbocycles. The maximum Gasteiger partial charge on any atom is 0.417 e. The molecule has 2 atom stereocenters. The van der Waals surface area contributed by atoms with Crippen LogP contribution in [0.25, 0.3) is 16.9 Å². The molecule has 0 amide bonds. The molecule has 1 aliphatic heterocycles. The van der Waals surface area contributed by atoms with Crippen molar-refractivity contribution in [2.75, 3.05) is 24.6 Å². The summed E-state index contributed by atoms with van der Waals surface area (Å²) in [5.41, 5.74) is -0.0350. The van der Waals surface area contributed by atoms with Crippen LogP contribution in [-0.2, 0) is 23.6 Å². The quantitative estimate of drug-likeness (QED) is 0.284. The van der Waals surface area contributed by atoms with Crippen LogP contribution in [0.5, 0.6) is 5.75 Å². The maximum absolute atomic E-state index is 13.5. The van der Waals surface area contributed by atoms with Crippen molar-refractivity contribution in [2.45, 2.75) is 57.1 Å². The molecule has 2 aromatic carbocycles. The standard InChI is InChI=1S/C29H30F3N7O3S/c1-4-6-25-34-17(3)26-28(40)35-27(36-39(25)26)22-14-21(9-10-24(22)42-5-2)43(41)37-19-11-12-38(16-19)20-8-7-18(15-33)23(13-20)29(30,31)32/h7-10,13-14,19,37H,4-6,11-12,16H2,1-3H3,(H,35,36,40). The molecule has 14 heteroatoms. The van der Waals surface area contributed by atoms with E-state index >= 15 is 0 Å². The molecule has 5 rings (SSSR count). The summed E-state index contributed by atoms with van der Waals surface area (Å²) < 4.78 is 64.2. The number of hydrogen-bond acceptors (Lipinski definition) is 7. The molecule has 2 unspecified atom stereocenters. The summed E-state index contributed by atoms with van der Waals surface area (Å²) in [5, 5.41) is 13.7. The van der Waals surface area contributed by atoms with E-state index in [0.29, 0.717) is 71.5 Å². The predicted octanol–water partition coefficient (Wildman–Crippen LogP) is 4.53. The lowest BCUT2D eigenvalue weighted by Crippen LogP contribution is -2.34. The van der Waals surface area contributed by atoms with Gasteiger partial charge in [-0.15, -0.1) is 5.10 Å². The number of halogens is 3. The minimum absolute atomic E-state index is 0.239. The summed E-state index contributed by atoms with van der Waals surface area (Å²) in [5.74, 6) is 1.35. The maximum atomic E-state index is 13.5. The number of H-pyrrole nitrogens is 1. The molecule has 2 aromatic heterocycles. The molecule has 0 saturated carbocycles. The van der Waals surface area contributed by atoms with E-state index in [1.807, 2.05) is 13.8 Å². The van der Waals surface area contributed by atoms with Gasteiger partial charge in [-0.1, -0.05) is 6.92 Å². The summed E-state index contributed by atoms with van der Waals surface area (Å²) in [6, 6.07) is 9.92. The number of ether oxygens (including phenoxy) is 1. The zero-order chi connectivity index (χ0) is 30.9. The molecule has 3 heterocycles. The van der Waals surface area contributed by atoms with Crippen LogP contribution in [-0.4, -0.2) is 49.5 Å². The number of benzene rings is 2. The number of imidazole rings is 1.